The highest BCUT2D eigenvalue weighted by Crippen LogP contribution is 2.43. The number of alkyl carbamates (subject to hydrolysis) is 1. The zero-order valence-electron chi connectivity index (χ0n) is 26.2. The molecule has 1 aliphatic heterocycles. The highest BCUT2D eigenvalue weighted by atomic mass is 16.6. The van der Waals surface area contributed by atoms with E-state index < -0.39 is 17.2 Å². The Morgan fingerprint density at radius 3 is 2.45 bits per heavy atom. The second kappa shape index (κ2) is 12.9. The van der Waals surface area contributed by atoms with Crippen molar-refractivity contribution >= 4 is 34.3 Å². The van der Waals surface area contributed by atoms with Crippen LogP contribution in [0.5, 0.6) is 0 Å². The molecule has 2 aromatic carbocycles. The summed E-state index contributed by atoms with van der Waals surface area (Å²) >= 11 is 0. The third-order valence-corrected chi connectivity index (χ3v) is 8.06. The van der Waals surface area contributed by atoms with E-state index in [2.05, 4.69) is 37.8 Å². The van der Waals surface area contributed by atoms with Crippen molar-refractivity contribution in [2.75, 3.05) is 64.1 Å². The predicted molar refractivity (Wildman–Crippen MR) is 170 cm³/mol. The van der Waals surface area contributed by atoms with Crippen LogP contribution in [-0.4, -0.2) is 95.9 Å². The molecule has 3 aromatic rings. The summed E-state index contributed by atoms with van der Waals surface area (Å²) in [5.74, 6) is -0.0122. The van der Waals surface area contributed by atoms with Gasteiger partial charge in [0, 0.05) is 63.3 Å². The van der Waals surface area contributed by atoms with Crippen LogP contribution in [-0.2, 0) is 20.9 Å². The Balaban J connectivity index is 1.30. The number of piperazine rings is 1. The Morgan fingerprint density at radius 1 is 1.02 bits per heavy atom. The second-order valence-corrected chi connectivity index (χ2v) is 12.6. The first kappa shape index (κ1) is 31.4. The fraction of sp³-hybridized carbons (Fsp3) is 0.500. The molecule has 1 saturated carbocycles. The van der Waals surface area contributed by atoms with Crippen LogP contribution in [0.25, 0.3) is 16.6 Å². The van der Waals surface area contributed by atoms with E-state index in [1.54, 1.807) is 19.2 Å². The fourth-order valence-corrected chi connectivity index (χ4v) is 5.49. The average molecular weight is 606 g/mol. The van der Waals surface area contributed by atoms with E-state index in [1.165, 1.54) is 10.9 Å². The Morgan fingerprint density at radius 2 is 1.77 bits per heavy atom. The van der Waals surface area contributed by atoms with Crippen molar-refractivity contribution in [2.45, 2.75) is 51.4 Å². The van der Waals surface area contributed by atoms with Crippen molar-refractivity contribution in [3.05, 3.63) is 58.6 Å². The minimum atomic E-state index is -0.556. The number of anilines is 2. The first-order valence-electron chi connectivity index (χ1n) is 15.1. The van der Waals surface area contributed by atoms with Gasteiger partial charge in [0.25, 0.3) is 5.56 Å². The standard InChI is InChI=1S/C32H43N7O5/c1-31(2,3)44-30(42)34-13-12-33-23-7-9-25-27(18-23)35-21-39(28(25)40)24-8-6-22(20-43-5)26(19-24)36-29(41)32(10-11-32)38-16-14-37(4)15-17-38/h6-9,18-19,21,33H,10-17,20H2,1-5H3,(H,34,42)(H,36,41). The largest absolute Gasteiger partial charge is 0.444 e. The van der Waals surface area contributed by atoms with Gasteiger partial charge in [-0.3, -0.25) is 19.1 Å². The molecule has 236 valence electrons. The van der Waals surface area contributed by atoms with E-state index in [0.717, 1.165) is 50.3 Å². The number of carbonyl (C=O) groups is 2. The molecule has 1 aliphatic carbocycles. The van der Waals surface area contributed by atoms with Crippen molar-refractivity contribution in [3.8, 4) is 5.69 Å². The van der Waals surface area contributed by atoms with Gasteiger partial charge in [-0.1, -0.05) is 6.07 Å². The highest BCUT2D eigenvalue weighted by Gasteiger charge is 2.54. The SMILES string of the molecule is COCc1ccc(-n2cnc3cc(NCCNC(=O)OC(C)(C)C)ccc3c2=O)cc1NC(=O)C1(N2CCN(C)CC2)CC1. The van der Waals surface area contributed by atoms with E-state index in [9.17, 15) is 14.4 Å². The highest BCUT2D eigenvalue weighted by molar-refractivity contribution is 6.01. The summed E-state index contributed by atoms with van der Waals surface area (Å²) < 4.78 is 12.1. The van der Waals surface area contributed by atoms with Crippen LogP contribution in [0.1, 0.15) is 39.2 Å². The maximum absolute atomic E-state index is 13.6. The van der Waals surface area contributed by atoms with Crippen molar-refractivity contribution in [3.63, 3.8) is 0 Å². The molecule has 0 radical (unpaired) electrons. The molecule has 3 N–H and O–H groups in total. The Kier molecular flexibility index (Phi) is 9.23. The van der Waals surface area contributed by atoms with Crippen LogP contribution in [0.2, 0.25) is 0 Å². The molecule has 0 atom stereocenters. The van der Waals surface area contributed by atoms with Gasteiger partial charge in [-0.05, 0) is 71.0 Å². The Bertz CT molecular complexity index is 1570. The molecule has 1 saturated heterocycles. The molecule has 2 heterocycles. The van der Waals surface area contributed by atoms with E-state index in [1.807, 2.05) is 45.0 Å². The summed E-state index contributed by atoms with van der Waals surface area (Å²) in [6, 6.07) is 10.9. The van der Waals surface area contributed by atoms with Crippen LogP contribution in [0, 0.1) is 0 Å². The van der Waals surface area contributed by atoms with Crippen molar-refractivity contribution in [1.82, 2.24) is 24.7 Å². The number of rotatable bonds is 10. The minimum Gasteiger partial charge on any atom is -0.444 e. The number of hydrogen-bond donors (Lipinski definition) is 3. The van der Waals surface area contributed by atoms with E-state index >= 15 is 0 Å². The van der Waals surface area contributed by atoms with Crippen LogP contribution in [0.3, 0.4) is 0 Å². The summed E-state index contributed by atoms with van der Waals surface area (Å²) in [5, 5.41) is 9.57. The molecule has 0 bridgehead atoms. The fourth-order valence-electron chi connectivity index (χ4n) is 5.49. The molecule has 12 nitrogen and oxygen atoms in total. The van der Waals surface area contributed by atoms with Gasteiger partial charge >= 0.3 is 6.09 Å². The van der Waals surface area contributed by atoms with E-state index in [0.29, 0.717) is 42.0 Å². The summed E-state index contributed by atoms with van der Waals surface area (Å²) in [4.78, 5) is 48.2. The number of nitrogens with zero attached hydrogens (tertiary/aromatic N) is 4. The lowest BCUT2D eigenvalue weighted by Gasteiger charge is -2.37. The first-order chi connectivity index (χ1) is 21.0. The lowest BCUT2D eigenvalue weighted by atomic mass is 10.1. The maximum atomic E-state index is 13.6. The number of benzene rings is 2. The maximum Gasteiger partial charge on any atom is 0.407 e. The summed E-state index contributed by atoms with van der Waals surface area (Å²) in [5.41, 5.74) is 2.12. The lowest BCUT2D eigenvalue weighted by molar-refractivity contribution is -0.123. The molecule has 2 aliphatic rings. The molecule has 5 rings (SSSR count). The van der Waals surface area contributed by atoms with Crippen molar-refractivity contribution < 1.29 is 19.1 Å². The molecule has 12 heteroatoms. The number of ether oxygens (including phenoxy) is 2. The second-order valence-electron chi connectivity index (χ2n) is 12.6. The summed E-state index contributed by atoms with van der Waals surface area (Å²) in [7, 11) is 3.72. The number of methoxy groups -OCH3 is 1. The normalized spacial score (nSPS) is 16.8. The molecule has 2 fully saturated rings. The monoisotopic (exact) mass is 605 g/mol. The molecule has 1 aromatic heterocycles. The quantitative estimate of drug-likeness (QED) is 0.298. The van der Waals surface area contributed by atoms with Crippen molar-refractivity contribution in [1.29, 1.82) is 0 Å². The third-order valence-electron chi connectivity index (χ3n) is 8.06. The number of aromatic nitrogens is 2. The smallest absolute Gasteiger partial charge is 0.407 e. The number of fused-ring (bicyclic) bond motifs is 1. The number of amides is 2. The lowest BCUT2D eigenvalue weighted by Crippen LogP contribution is -2.54. The van der Waals surface area contributed by atoms with Gasteiger partial charge in [-0.2, -0.15) is 0 Å². The average Bonchev–Trinajstić information content (AvgIpc) is 3.78. The molecular weight excluding hydrogens is 562 g/mol. The molecule has 0 unspecified atom stereocenters. The van der Waals surface area contributed by atoms with Crippen LogP contribution >= 0.6 is 0 Å². The van der Waals surface area contributed by atoms with Gasteiger partial charge in [0.1, 0.15) is 17.5 Å². The van der Waals surface area contributed by atoms with Gasteiger partial charge in [0.15, 0.2) is 0 Å². The molecule has 2 amide bonds. The van der Waals surface area contributed by atoms with Gasteiger partial charge in [-0.25, -0.2) is 9.78 Å². The van der Waals surface area contributed by atoms with Gasteiger partial charge in [0.05, 0.1) is 23.2 Å². The zero-order valence-corrected chi connectivity index (χ0v) is 26.2. The number of likely N-dealkylation sites (N-methyl/N-ethyl adjacent to an activating group) is 1. The van der Waals surface area contributed by atoms with Gasteiger partial charge < -0.3 is 30.3 Å². The van der Waals surface area contributed by atoms with E-state index in [4.69, 9.17) is 9.47 Å². The topological polar surface area (TPSA) is 130 Å². The Labute approximate surface area is 257 Å². The number of hydrogen-bond acceptors (Lipinski definition) is 9. The summed E-state index contributed by atoms with van der Waals surface area (Å²) in [6.07, 6.45) is 2.71. The van der Waals surface area contributed by atoms with E-state index in [-0.39, 0.29) is 11.5 Å². The molecule has 44 heavy (non-hydrogen) atoms. The number of nitrogens with one attached hydrogen (secondary N) is 3. The predicted octanol–water partition coefficient (Wildman–Crippen LogP) is 3.19. The summed E-state index contributed by atoms with van der Waals surface area (Å²) in [6.45, 7) is 10.2. The van der Waals surface area contributed by atoms with Crippen LogP contribution in [0.15, 0.2) is 47.5 Å². The first-order valence-corrected chi connectivity index (χ1v) is 15.1. The van der Waals surface area contributed by atoms with Crippen LogP contribution in [0.4, 0.5) is 16.2 Å². The molecule has 0 spiro atoms. The van der Waals surface area contributed by atoms with Crippen LogP contribution < -0.4 is 21.5 Å². The van der Waals surface area contributed by atoms with Crippen molar-refractivity contribution in [2.24, 2.45) is 0 Å². The number of carbonyl (C=O) groups excluding carboxylic acids is 2. The molecular formula is C32H43N7O5. The van der Waals surface area contributed by atoms with Gasteiger partial charge in [-0.15, -0.1) is 0 Å². The van der Waals surface area contributed by atoms with Gasteiger partial charge in [0.2, 0.25) is 5.91 Å². The zero-order chi connectivity index (χ0) is 31.5. The third kappa shape index (κ3) is 7.20. The Hall–Kier alpha value is -4.00. The minimum absolute atomic E-state index is 0.0122.